The topological polar surface area (TPSA) is 69.6 Å². The fraction of sp³-hybridized carbons (Fsp3) is 0.133. The minimum absolute atomic E-state index is 0.141. The second-order valence-corrected chi connectivity index (χ2v) is 6.13. The van der Waals surface area contributed by atoms with Gasteiger partial charge in [-0.2, -0.15) is 26.3 Å². The molecule has 0 aliphatic carbocycles. The minimum atomic E-state index is -5.26. The molecule has 0 amide bonds. The normalized spacial score (nSPS) is 12.4. The van der Waals surface area contributed by atoms with Gasteiger partial charge in [-0.3, -0.25) is 0 Å². The van der Waals surface area contributed by atoms with Crippen molar-refractivity contribution in [2.45, 2.75) is 12.4 Å². The van der Waals surface area contributed by atoms with Crippen molar-refractivity contribution in [1.29, 1.82) is 0 Å². The van der Waals surface area contributed by atoms with Gasteiger partial charge in [-0.25, -0.2) is 14.6 Å². The van der Waals surface area contributed by atoms with Gasteiger partial charge >= 0.3 is 12.4 Å². The number of aromatic nitrogens is 4. The van der Waals surface area contributed by atoms with Gasteiger partial charge in [0.15, 0.2) is 11.3 Å². The highest BCUT2D eigenvalue weighted by Gasteiger charge is 2.43. The lowest BCUT2D eigenvalue weighted by Crippen LogP contribution is -2.17. The van der Waals surface area contributed by atoms with Crippen molar-refractivity contribution in [2.24, 2.45) is 0 Å². The number of terminal acetylenes is 1. The van der Waals surface area contributed by atoms with E-state index in [1.165, 1.54) is 12.1 Å². The zero-order valence-corrected chi connectivity index (χ0v) is 14.6. The Morgan fingerprint density at radius 1 is 1.00 bits per heavy atom. The fourth-order valence-corrected chi connectivity index (χ4v) is 3.01. The van der Waals surface area contributed by atoms with E-state index >= 15 is 0 Å². The van der Waals surface area contributed by atoms with E-state index in [-0.39, 0.29) is 21.3 Å². The molecule has 5 nitrogen and oxygen atoms in total. The van der Waals surface area contributed by atoms with E-state index in [1.807, 2.05) is 0 Å². The maximum absolute atomic E-state index is 13.3. The molecule has 2 aromatic heterocycles. The molecule has 28 heavy (non-hydrogen) atoms. The molecule has 3 aromatic rings. The highest BCUT2D eigenvalue weighted by Crippen LogP contribution is 2.40. The molecule has 0 bridgehead atoms. The second kappa shape index (κ2) is 6.42. The molecule has 0 spiro atoms. The zero-order chi connectivity index (χ0) is 21.0. The summed E-state index contributed by atoms with van der Waals surface area (Å²) in [4.78, 5) is 5.65. The number of nitrogens with zero attached hydrogens (tertiary/aromatic N) is 4. The Balaban J connectivity index is 2.41. The third-order valence-corrected chi connectivity index (χ3v) is 4.06. The smallest absolute Gasteiger partial charge is 0.383 e. The van der Waals surface area contributed by atoms with Crippen molar-refractivity contribution in [3.63, 3.8) is 0 Å². The first-order valence-electron chi connectivity index (χ1n) is 7.01. The van der Waals surface area contributed by atoms with Gasteiger partial charge in [-0.05, 0) is 12.1 Å². The van der Waals surface area contributed by atoms with E-state index in [1.54, 1.807) is 0 Å². The number of anilines is 1. The average Bonchev–Trinajstić information content (AvgIpc) is 2.88. The number of halogens is 8. The molecule has 0 saturated carbocycles. The molecule has 0 unspecified atom stereocenters. The first kappa shape index (κ1) is 20.0. The first-order chi connectivity index (χ1) is 12.8. The molecule has 0 radical (unpaired) electrons. The Kier molecular flexibility index (Phi) is 4.60. The van der Waals surface area contributed by atoms with Gasteiger partial charge in [-0.1, -0.05) is 29.1 Å². The lowest BCUT2D eigenvalue weighted by Gasteiger charge is -2.11. The summed E-state index contributed by atoms with van der Waals surface area (Å²) < 4.78 is 79.3. The van der Waals surface area contributed by atoms with Crippen LogP contribution in [0.2, 0.25) is 10.0 Å². The number of hydrogen-bond acceptors (Lipinski definition) is 4. The summed E-state index contributed by atoms with van der Waals surface area (Å²) in [6.45, 7) is 0. The largest absolute Gasteiger partial charge is 0.451 e. The van der Waals surface area contributed by atoms with Gasteiger partial charge in [0.25, 0.3) is 0 Å². The van der Waals surface area contributed by atoms with Crippen molar-refractivity contribution in [3.05, 3.63) is 39.3 Å². The van der Waals surface area contributed by atoms with Crippen LogP contribution >= 0.6 is 23.2 Å². The van der Waals surface area contributed by atoms with Gasteiger partial charge in [0.1, 0.15) is 11.5 Å². The van der Waals surface area contributed by atoms with Gasteiger partial charge in [0.05, 0.1) is 15.4 Å². The fourth-order valence-electron chi connectivity index (χ4n) is 2.37. The summed E-state index contributed by atoms with van der Waals surface area (Å²) in [5.74, 6) is -0.462. The predicted molar refractivity (Wildman–Crippen MR) is 89.0 cm³/mol. The van der Waals surface area contributed by atoms with Gasteiger partial charge in [0, 0.05) is 5.56 Å². The van der Waals surface area contributed by atoms with Crippen LogP contribution in [0.5, 0.6) is 0 Å². The van der Waals surface area contributed by atoms with Crippen LogP contribution in [0, 0.1) is 12.3 Å². The predicted octanol–water partition coefficient (Wildman–Crippen LogP) is 4.72. The van der Waals surface area contributed by atoms with Crippen LogP contribution in [0.4, 0.5) is 32.2 Å². The maximum Gasteiger partial charge on any atom is 0.451 e. The monoisotopic (exact) mass is 439 g/mol. The van der Waals surface area contributed by atoms with Gasteiger partial charge < -0.3 is 5.73 Å². The molecule has 2 heterocycles. The molecule has 2 N–H and O–H groups in total. The molecule has 3 rings (SSSR count). The van der Waals surface area contributed by atoms with Crippen LogP contribution < -0.4 is 5.73 Å². The molecular formula is C15H5Cl2F6N5. The number of nitrogens with two attached hydrogens (primary N) is 1. The minimum Gasteiger partial charge on any atom is -0.383 e. The zero-order valence-electron chi connectivity index (χ0n) is 13.1. The average molecular weight is 440 g/mol. The summed E-state index contributed by atoms with van der Waals surface area (Å²) >= 11 is 12.1. The standard InChI is InChI=1S/C15H5Cl2F6N5/c1-2-5-3-6(16)9(7(17)4-5)28-11(24)8-10(14(18,19)20)25-13(15(21,22)23)26-12(8)27-28/h1,3-4H,24H2. The van der Waals surface area contributed by atoms with Crippen LogP contribution in [0.1, 0.15) is 17.1 Å². The molecule has 0 fully saturated rings. The summed E-state index contributed by atoms with van der Waals surface area (Å²) in [6.07, 6.45) is -5.27. The van der Waals surface area contributed by atoms with Crippen molar-refractivity contribution >= 4 is 40.1 Å². The quantitative estimate of drug-likeness (QED) is 0.439. The lowest BCUT2D eigenvalue weighted by atomic mass is 10.2. The van der Waals surface area contributed by atoms with Crippen molar-refractivity contribution in [3.8, 4) is 18.0 Å². The van der Waals surface area contributed by atoms with E-state index in [9.17, 15) is 26.3 Å². The highest BCUT2D eigenvalue weighted by molar-refractivity contribution is 6.38. The first-order valence-corrected chi connectivity index (χ1v) is 7.77. The van der Waals surface area contributed by atoms with Gasteiger partial charge in [0.2, 0.25) is 5.82 Å². The van der Waals surface area contributed by atoms with Crippen molar-refractivity contribution in [2.75, 3.05) is 5.73 Å². The summed E-state index contributed by atoms with van der Waals surface area (Å²) in [7, 11) is 0. The van der Waals surface area contributed by atoms with E-state index < -0.39 is 40.7 Å². The molecule has 0 aliphatic heterocycles. The molecule has 146 valence electrons. The van der Waals surface area contributed by atoms with Crippen molar-refractivity contribution < 1.29 is 26.3 Å². The number of hydrogen-bond donors (Lipinski definition) is 1. The van der Waals surface area contributed by atoms with E-state index in [0.717, 1.165) is 0 Å². The molecule has 0 aliphatic rings. The van der Waals surface area contributed by atoms with Crippen LogP contribution in [0.3, 0.4) is 0 Å². The number of rotatable bonds is 1. The van der Waals surface area contributed by atoms with Crippen molar-refractivity contribution in [1.82, 2.24) is 19.7 Å². The summed E-state index contributed by atoms with van der Waals surface area (Å²) in [6, 6.07) is 2.51. The number of benzene rings is 1. The van der Waals surface area contributed by atoms with E-state index in [0.29, 0.717) is 4.68 Å². The Hall–Kier alpha value is -2.71. The lowest BCUT2D eigenvalue weighted by molar-refractivity contribution is -0.151. The SMILES string of the molecule is C#Cc1cc(Cl)c(-n2nc3nc(C(F)(F)F)nc(C(F)(F)F)c3c2N)c(Cl)c1. The Morgan fingerprint density at radius 2 is 1.57 bits per heavy atom. The summed E-state index contributed by atoms with van der Waals surface area (Å²) in [5, 5.41) is 2.42. The van der Waals surface area contributed by atoms with Crippen LogP contribution in [0.25, 0.3) is 16.7 Å². The van der Waals surface area contributed by atoms with Crippen LogP contribution in [-0.4, -0.2) is 19.7 Å². The number of fused-ring (bicyclic) bond motifs is 1. The van der Waals surface area contributed by atoms with Crippen LogP contribution in [0.15, 0.2) is 12.1 Å². The Bertz CT molecular complexity index is 1120. The number of alkyl halides is 6. The number of nitrogen functional groups attached to an aromatic ring is 1. The molecule has 0 saturated heterocycles. The molecule has 13 heteroatoms. The summed E-state index contributed by atoms with van der Waals surface area (Å²) in [5.41, 5.74) is 2.97. The third kappa shape index (κ3) is 3.29. The maximum atomic E-state index is 13.3. The Labute approximate surface area is 162 Å². The molecule has 0 atom stereocenters. The highest BCUT2D eigenvalue weighted by atomic mass is 35.5. The van der Waals surface area contributed by atoms with E-state index in [4.69, 9.17) is 35.4 Å². The Morgan fingerprint density at radius 3 is 2.04 bits per heavy atom. The van der Waals surface area contributed by atoms with E-state index in [2.05, 4.69) is 21.0 Å². The molecular weight excluding hydrogens is 435 g/mol. The second-order valence-electron chi connectivity index (χ2n) is 5.32. The third-order valence-electron chi connectivity index (χ3n) is 3.49. The van der Waals surface area contributed by atoms with Crippen LogP contribution in [-0.2, 0) is 12.4 Å². The van der Waals surface area contributed by atoms with Gasteiger partial charge in [-0.15, -0.1) is 11.5 Å². The molecule has 1 aromatic carbocycles.